The van der Waals surface area contributed by atoms with Gasteiger partial charge in [-0.2, -0.15) is 9.78 Å². The Balaban J connectivity index is 2.25. The van der Waals surface area contributed by atoms with Crippen LogP contribution in [0.1, 0.15) is 0 Å². The summed E-state index contributed by atoms with van der Waals surface area (Å²) in [5.74, 6) is -5.09. The maximum absolute atomic E-state index is 9.43. The lowest BCUT2D eigenvalue weighted by molar-refractivity contribution is -0.731. The number of hydrogen-bond donors (Lipinski definition) is 5. The quantitative estimate of drug-likeness (QED) is 0.281. The molecule has 0 aromatic carbocycles. The Hall–Kier alpha value is -0.320. The molecule has 0 aromatic rings. The van der Waals surface area contributed by atoms with Crippen LogP contribution in [0.2, 0.25) is 0 Å². The fraction of sp³-hybridized carbons (Fsp3) is 1.00. The van der Waals surface area contributed by atoms with Gasteiger partial charge in [0.1, 0.15) is 18.3 Å². The third kappa shape index (κ3) is 0.990. The van der Waals surface area contributed by atoms with E-state index >= 15 is 0 Å². The molecule has 2 rings (SSSR count). The van der Waals surface area contributed by atoms with Gasteiger partial charge in [-0.3, -0.25) is 0 Å². The van der Waals surface area contributed by atoms with E-state index in [4.69, 9.17) is 5.11 Å². The third-order valence-electron chi connectivity index (χ3n) is 2.33. The third-order valence-corrected chi connectivity index (χ3v) is 2.33. The number of hydrogen-bond acceptors (Lipinski definition) is 8. The Kier molecular flexibility index (Phi) is 2.07. The first kappa shape index (κ1) is 10.2. The van der Waals surface area contributed by atoms with Gasteiger partial charge in [0.2, 0.25) is 0 Å². The number of ether oxygens (including phenoxy) is 1. The number of aliphatic hydroxyl groups is 5. The first-order valence-electron chi connectivity index (χ1n) is 3.91. The molecular weight excluding hydrogens is 200 g/mol. The van der Waals surface area contributed by atoms with Crippen molar-refractivity contribution in [1.82, 2.24) is 0 Å². The second-order valence-corrected chi connectivity index (χ2v) is 3.22. The van der Waals surface area contributed by atoms with Crippen molar-refractivity contribution in [2.75, 3.05) is 6.61 Å². The Labute approximate surface area is 77.8 Å². The second-order valence-electron chi connectivity index (χ2n) is 3.22. The van der Waals surface area contributed by atoms with Gasteiger partial charge in [-0.1, -0.05) is 0 Å². The molecule has 0 aliphatic carbocycles. The monoisotopic (exact) mass is 210 g/mol. The van der Waals surface area contributed by atoms with Crippen LogP contribution in [-0.2, 0) is 14.5 Å². The number of fused-ring (bicyclic) bond motifs is 1. The van der Waals surface area contributed by atoms with Crippen LogP contribution in [0.25, 0.3) is 0 Å². The van der Waals surface area contributed by atoms with E-state index in [0.29, 0.717) is 0 Å². The molecule has 8 heteroatoms. The van der Waals surface area contributed by atoms with Crippen molar-refractivity contribution in [3.05, 3.63) is 0 Å². The molecule has 0 spiro atoms. The van der Waals surface area contributed by atoms with Crippen LogP contribution >= 0.6 is 0 Å². The molecule has 14 heavy (non-hydrogen) atoms. The molecule has 2 aliphatic rings. The molecule has 0 radical (unpaired) electrons. The minimum atomic E-state index is -2.56. The highest BCUT2D eigenvalue weighted by Gasteiger charge is 2.75. The first-order chi connectivity index (χ1) is 6.44. The maximum atomic E-state index is 9.43. The summed E-state index contributed by atoms with van der Waals surface area (Å²) in [6, 6.07) is 0. The van der Waals surface area contributed by atoms with Crippen molar-refractivity contribution in [1.29, 1.82) is 0 Å². The molecule has 2 saturated heterocycles. The molecule has 0 unspecified atom stereocenters. The normalized spacial score (nSPS) is 57.6. The Bertz CT molecular complexity index is 246. The van der Waals surface area contributed by atoms with E-state index < -0.39 is 36.7 Å². The van der Waals surface area contributed by atoms with Gasteiger partial charge in [0.05, 0.1) is 6.61 Å². The summed E-state index contributed by atoms with van der Waals surface area (Å²) in [4.78, 5) is 8.17. The molecule has 0 bridgehead atoms. The predicted molar refractivity (Wildman–Crippen MR) is 36.0 cm³/mol. The Morgan fingerprint density at radius 2 is 1.79 bits per heavy atom. The van der Waals surface area contributed by atoms with Crippen LogP contribution in [0.4, 0.5) is 0 Å². The van der Waals surface area contributed by atoms with Crippen molar-refractivity contribution in [3.8, 4) is 0 Å². The molecule has 8 nitrogen and oxygen atoms in total. The molecule has 5 atom stereocenters. The zero-order valence-corrected chi connectivity index (χ0v) is 6.90. The topological polar surface area (TPSA) is 129 Å². The molecule has 2 aliphatic heterocycles. The van der Waals surface area contributed by atoms with E-state index in [1.54, 1.807) is 0 Å². The second kappa shape index (κ2) is 2.84. The largest absolute Gasteiger partial charge is 0.394 e. The van der Waals surface area contributed by atoms with Crippen LogP contribution < -0.4 is 0 Å². The highest BCUT2D eigenvalue weighted by Crippen LogP contribution is 2.45. The minimum absolute atomic E-state index is 0.653. The summed E-state index contributed by atoms with van der Waals surface area (Å²) in [7, 11) is 0. The SMILES string of the molecule is OC[C@H]1O[C@]2(O)OO[C@]2(O)[C@@H](O)[C@H]1O. The van der Waals surface area contributed by atoms with Crippen LogP contribution in [0.5, 0.6) is 0 Å². The fourth-order valence-electron chi connectivity index (χ4n) is 1.39. The van der Waals surface area contributed by atoms with Crippen LogP contribution in [-0.4, -0.2) is 62.2 Å². The van der Waals surface area contributed by atoms with E-state index in [2.05, 4.69) is 14.5 Å². The van der Waals surface area contributed by atoms with Crippen LogP contribution in [0, 0.1) is 0 Å². The maximum Gasteiger partial charge on any atom is 0.371 e. The summed E-state index contributed by atoms with van der Waals surface area (Å²) < 4.78 is 4.61. The van der Waals surface area contributed by atoms with E-state index in [0.717, 1.165) is 0 Å². The predicted octanol–water partition coefficient (Wildman–Crippen LogP) is -3.60. The van der Waals surface area contributed by atoms with E-state index in [1.165, 1.54) is 0 Å². The first-order valence-corrected chi connectivity index (χ1v) is 3.91. The van der Waals surface area contributed by atoms with Gasteiger partial charge in [0.15, 0.2) is 0 Å². The highest BCUT2D eigenvalue weighted by atomic mass is 17.3. The standard InChI is InChI=1S/C6H10O8/c7-1-2-3(8)4(9)5(10)6(11,12-2)14-13-5/h2-4,7-11H,1H2/t2-,3+,4+,5-,6+/m1/s1. The lowest BCUT2D eigenvalue weighted by atomic mass is 9.93. The summed E-state index contributed by atoms with van der Waals surface area (Å²) >= 11 is 0. The number of rotatable bonds is 1. The van der Waals surface area contributed by atoms with Crippen molar-refractivity contribution >= 4 is 0 Å². The van der Waals surface area contributed by atoms with Crippen LogP contribution in [0.3, 0.4) is 0 Å². The molecule has 82 valence electrons. The lowest BCUT2D eigenvalue weighted by Gasteiger charge is -2.55. The van der Waals surface area contributed by atoms with Gasteiger partial charge in [-0.05, 0) is 0 Å². The van der Waals surface area contributed by atoms with Gasteiger partial charge in [-0.15, -0.1) is 0 Å². The molecule has 0 aromatic heterocycles. The molecule has 2 fully saturated rings. The summed E-state index contributed by atoms with van der Waals surface area (Å²) in [6.45, 7) is -0.653. The molecule has 0 saturated carbocycles. The Morgan fingerprint density at radius 3 is 2.21 bits per heavy atom. The van der Waals surface area contributed by atoms with E-state index in [1.807, 2.05) is 0 Å². The van der Waals surface area contributed by atoms with Crippen molar-refractivity contribution in [3.63, 3.8) is 0 Å². The van der Waals surface area contributed by atoms with E-state index in [9.17, 15) is 20.4 Å². The summed E-state index contributed by atoms with van der Waals surface area (Å²) in [6.07, 6.45) is -4.69. The molecule has 5 N–H and O–H groups in total. The fourth-order valence-corrected chi connectivity index (χ4v) is 1.39. The zero-order chi connectivity index (χ0) is 10.6. The van der Waals surface area contributed by atoms with Gasteiger partial charge >= 0.3 is 11.8 Å². The smallest absolute Gasteiger partial charge is 0.371 e. The van der Waals surface area contributed by atoms with Crippen molar-refractivity contribution in [2.24, 2.45) is 0 Å². The molecule has 0 amide bonds. The summed E-state index contributed by atoms with van der Waals surface area (Å²) in [5, 5.41) is 46.2. The van der Waals surface area contributed by atoms with Gasteiger partial charge in [0, 0.05) is 0 Å². The highest BCUT2D eigenvalue weighted by molar-refractivity contribution is 5.00. The Morgan fingerprint density at radius 1 is 1.14 bits per heavy atom. The van der Waals surface area contributed by atoms with Gasteiger partial charge in [0.25, 0.3) is 0 Å². The average molecular weight is 210 g/mol. The summed E-state index contributed by atoms with van der Waals surface area (Å²) in [5.41, 5.74) is 0. The van der Waals surface area contributed by atoms with Gasteiger partial charge < -0.3 is 30.3 Å². The molecule has 2 heterocycles. The molecular formula is C6H10O8. The van der Waals surface area contributed by atoms with Crippen molar-refractivity contribution < 1.29 is 40.0 Å². The lowest BCUT2D eigenvalue weighted by Crippen LogP contribution is -2.81. The number of aliphatic hydroxyl groups excluding tert-OH is 3. The minimum Gasteiger partial charge on any atom is -0.394 e. The zero-order valence-electron chi connectivity index (χ0n) is 6.90. The van der Waals surface area contributed by atoms with Gasteiger partial charge in [-0.25, -0.2) is 0 Å². The van der Waals surface area contributed by atoms with Crippen LogP contribution in [0.15, 0.2) is 0 Å². The van der Waals surface area contributed by atoms with E-state index in [-0.39, 0.29) is 0 Å². The van der Waals surface area contributed by atoms with Crippen molar-refractivity contribution in [2.45, 2.75) is 30.1 Å². The average Bonchev–Trinajstić information content (AvgIpc) is 2.19.